The van der Waals surface area contributed by atoms with Gasteiger partial charge in [0.05, 0.1) is 12.1 Å². The largest absolute Gasteiger partial charge is 0.356 e. The molecule has 0 amide bonds. The number of nitrogens with one attached hydrogen (secondary N) is 1. The molecular formula is C22H24N4O2S. The quantitative estimate of drug-likeness (QED) is 0.674. The van der Waals surface area contributed by atoms with Gasteiger partial charge in [-0.1, -0.05) is 42.5 Å². The van der Waals surface area contributed by atoms with Crippen LogP contribution in [0.2, 0.25) is 0 Å². The van der Waals surface area contributed by atoms with Crippen LogP contribution in [0.5, 0.6) is 0 Å². The Morgan fingerprint density at radius 1 is 1.03 bits per heavy atom. The highest BCUT2D eigenvalue weighted by atomic mass is 32.2. The third kappa shape index (κ3) is 4.63. The lowest BCUT2D eigenvalue weighted by atomic mass is 10.1. The first kappa shape index (κ1) is 19.5. The number of aromatic nitrogens is 2. The van der Waals surface area contributed by atoms with E-state index < -0.39 is 10.0 Å². The molecular weight excluding hydrogens is 384 g/mol. The predicted molar refractivity (Wildman–Crippen MR) is 117 cm³/mol. The van der Waals surface area contributed by atoms with Gasteiger partial charge in [0.15, 0.2) is 0 Å². The Kier molecular flexibility index (Phi) is 5.60. The Bertz CT molecular complexity index is 1140. The summed E-state index contributed by atoms with van der Waals surface area (Å²) in [5.41, 5.74) is 2.75. The zero-order valence-electron chi connectivity index (χ0n) is 16.4. The number of hydrogen-bond donors (Lipinski definition) is 1. The Hall–Kier alpha value is -2.77. The lowest BCUT2D eigenvalue weighted by molar-refractivity contribution is 0.589. The molecule has 150 valence electrons. The number of anilines is 1. The number of hydrogen-bond acceptors (Lipinski definition) is 5. The van der Waals surface area contributed by atoms with Gasteiger partial charge in [0.25, 0.3) is 0 Å². The highest BCUT2D eigenvalue weighted by Crippen LogP contribution is 2.28. The van der Waals surface area contributed by atoms with Crippen LogP contribution in [0.1, 0.15) is 29.8 Å². The number of benzene rings is 2. The summed E-state index contributed by atoms with van der Waals surface area (Å²) >= 11 is 0. The van der Waals surface area contributed by atoms with Crippen molar-refractivity contribution in [3.63, 3.8) is 0 Å². The van der Waals surface area contributed by atoms with Gasteiger partial charge in [-0.2, -0.15) is 0 Å². The van der Waals surface area contributed by atoms with E-state index >= 15 is 0 Å². The maximum atomic E-state index is 12.4. The zero-order valence-corrected chi connectivity index (χ0v) is 17.2. The van der Waals surface area contributed by atoms with Crippen LogP contribution in [-0.4, -0.2) is 31.5 Å². The van der Waals surface area contributed by atoms with E-state index in [2.05, 4.69) is 14.6 Å². The Balaban J connectivity index is 1.59. The molecule has 3 aromatic rings. The van der Waals surface area contributed by atoms with Crippen molar-refractivity contribution in [3.05, 3.63) is 70.9 Å². The summed E-state index contributed by atoms with van der Waals surface area (Å²) in [7, 11) is -3.60. The summed E-state index contributed by atoms with van der Waals surface area (Å²) in [5, 5.41) is 2.19. The van der Waals surface area contributed by atoms with Crippen LogP contribution in [0.15, 0.2) is 53.9 Å². The lowest BCUT2D eigenvalue weighted by Gasteiger charge is -2.20. The molecule has 2 aromatic carbocycles. The van der Waals surface area contributed by atoms with E-state index in [1.165, 1.54) is 5.41 Å². The molecule has 1 saturated heterocycles. The van der Waals surface area contributed by atoms with Crippen molar-refractivity contribution in [2.75, 3.05) is 18.0 Å². The average molecular weight is 409 g/mol. The van der Waals surface area contributed by atoms with Crippen molar-refractivity contribution in [2.24, 2.45) is 0 Å². The minimum Gasteiger partial charge on any atom is -0.356 e. The Morgan fingerprint density at radius 3 is 2.55 bits per heavy atom. The lowest BCUT2D eigenvalue weighted by Crippen LogP contribution is -2.24. The van der Waals surface area contributed by atoms with Crippen LogP contribution in [0.25, 0.3) is 17.0 Å². The summed E-state index contributed by atoms with van der Waals surface area (Å²) in [6.45, 7) is 3.99. The zero-order chi connectivity index (χ0) is 20.3. The van der Waals surface area contributed by atoms with E-state index in [1.54, 1.807) is 6.08 Å². The fourth-order valence-electron chi connectivity index (χ4n) is 3.52. The highest BCUT2D eigenvalue weighted by molar-refractivity contribution is 7.92. The standard InChI is InChI=1S/C22H24N4O2S/c1-17-8-7-11-19-21(17)24-20(25-22(19)26-13-5-6-14-26)16-23-29(27,28)15-12-18-9-3-2-4-10-18/h2-4,7-12,15,23H,5-6,13-14,16H2,1H3/b15-12+. The first-order valence-corrected chi connectivity index (χ1v) is 11.3. The molecule has 29 heavy (non-hydrogen) atoms. The second-order valence-electron chi connectivity index (χ2n) is 7.21. The predicted octanol–water partition coefficient (Wildman–Crippen LogP) is 3.63. The molecule has 0 atom stereocenters. The van der Waals surface area contributed by atoms with Gasteiger partial charge in [-0.25, -0.2) is 23.1 Å². The van der Waals surface area contributed by atoms with Gasteiger partial charge in [0.1, 0.15) is 11.6 Å². The van der Waals surface area contributed by atoms with Crippen LogP contribution in [0.3, 0.4) is 0 Å². The van der Waals surface area contributed by atoms with Crippen molar-refractivity contribution in [2.45, 2.75) is 26.3 Å². The van der Waals surface area contributed by atoms with Gasteiger partial charge >= 0.3 is 0 Å². The summed E-state index contributed by atoms with van der Waals surface area (Å²) in [4.78, 5) is 11.6. The van der Waals surface area contributed by atoms with Crippen LogP contribution in [0, 0.1) is 6.92 Å². The maximum absolute atomic E-state index is 12.4. The molecule has 1 fully saturated rings. The molecule has 0 radical (unpaired) electrons. The van der Waals surface area contributed by atoms with E-state index in [0.29, 0.717) is 5.82 Å². The van der Waals surface area contributed by atoms with Crippen molar-refractivity contribution in [1.29, 1.82) is 0 Å². The molecule has 4 rings (SSSR count). The minimum absolute atomic E-state index is 0.0482. The number of fused-ring (bicyclic) bond motifs is 1. The van der Waals surface area contributed by atoms with Gasteiger partial charge in [0.2, 0.25) is 10.0 Å². The summed E-state index contributed by atoms with van der Waals surface area (Å²) in [6.07, 6.45) is 3.86. The van der Waals surface area contributed by atoms with E-state index in [9.17, 15) is 8.42 Å². The van der Waals surface area contributed by atoms with Gasteiger partial charge in [-0.3, -0.25) is 0 Å². The van der Waals surface area contributed by atoms with Crippen LogP contribution >= 0.6 is 0 Å². The molecule has 0 aliphatic carbocycles. The first-order valence-electron chi connectivity index (χ1n) is 9.76. The topological polar surface area (TPSA) is 75.2 Å². The average Bonchev–Trinajstić information content (AvgIpc) is 3.26. The molecule has 0 bridgehead atoms. The first-order chi connectivity index (χ1) is 14.0. The summed E-state index contributed by atoms with van der Waals surface area (Å²) < 4.78 is 27.4. The fourth-order valence-corrected chi connectivity index (χ4v) is 4.28. The van der Waals surface area contributed by atoms with E-state index in [1.807, 2.05) is 55.5 Å². The molecule has 1 aliphatic rings. The van der Waals surface area contributed by atoms with Gasteiger partial charge in [-0.15, -0.1) is 0 Å². The number of nitrogens with zero attached hydrogens (tertiary/aromatic N) is 3. The number of para-hydroxylation sites is 1. The van der Waals surface area contributed by atoms with Gasteiger partial charge < -0.3 is 4.90 Å². The number of sulfonamides is 1. The van der Waals surface area contributed by atoms with E-state index in [4.69, 9.17) is 4.98 Å². The van der Waals surface area contributed by atoms with Crippen molar-refractivity contribution < 1.29 is 8.42 Å². The van der Waals surface area contributed by atoms with Crippen LogP contribution < -0.4 is 9.62 Å². The van der Waals surface area contributed by atoms with Crippen molar-refractivity contribution >= 4 is 32.8 Å². The second-order valence-corrected chi connectivity index (χ2v) is 8.86. The van der Waals surface area contributed by atoms with Crippen molar-refractivity contribution in [1.82, 2.24) is 14.7 Å². The molecule has 6 nitrogen and oxygen atoms in total. The molecule has 1 aromatic heterocycles. The number of rotatable bonds is 6. The molecule has 1 N–H and O–H groups in total. The summed E-state index contributed by atoms with van der Waals surface area (Å²) in [6, 6.07) is 15.4. The minimum atomic E-state index is -3.60. The van der Waals surface area contributed by atoms with Crippen LogP contribution in [-0.2, 0) is 16.6 Å². The monoisotopic (exact) mass is 408 g/mol. The molecule has 0 saturated carbocycles. The Labute approximate surface area is 171 Å². The van der Waals surface area contributed by atoms with Gasteiger partial charge in [0, 0.05) is 23.9 Å². The molecule has 0 unspecified atom stereocenters. The fraction of sp³-hybridized carbons (Fsp3) is 0.273. The molecule has 7 heteroatoms. The molecule has 1 aliphatic heterocycles. The number of aryl methyl sites for hydroxylation is 1. The second kappa shape index (κ2) is 8.31. The van der Waals surface area contributed by atoms with Crippen LogP contribution in [0.4, 0.5) is 5.82 Å². The molecule has 2 heterocycles. The summed E-state index contributed by atoms with van der Waals surface area (Å²) in [5.74, 6) is 1.37. The smallest absolute Gasteiger partial charge is 0.234 e. The van der Waals surface area contributed by atoms with Gasteiger partial charge in [-0.05, 0) is 43.0 Å². The Morgan fingerprint density at radius 2 is 1.79 bits per heavy atom. The SMILES string of the molecule is Cc1cccc2c(N3CCCC3)nc(CNS(=O)(=O)/C=C/c3ccccc3)nc12. The van der Waals surface area contributed by atoms with E-state index in [-0.39, 0.29) is 6.54 Å². The normalized spacial score (nSPS) is 14.9. The van der Waals surface area contributed by atoms with Crippen molar-refractivity contribution in [3.8, 4) is 0 Å². The molecule has 0 spiro atoms. The maximum Gasteiger partial charge on any atom is 0.234 e. The van der Waals surface area contributed by atoms with E-state index in [0.717, 1.165) is 53.8 Å². The third-order valence-corrected chi connectivity index (χ3v) is 6.07. The third-order valence-electron chi connectivity index (χ3n) is 5.03. The highest BCUT2D eigenvalue weighted by Gasteiger charge is 2.19.